The van der Waals surface area contributed by atoms with Gasteiger partial charge >= 0.3 is 0 Å². The van der Waals surface area contributed by atoms with Crippen LogP contribution in [-0.2, 0) is 4.79 Å². The van der Waals surface area contributed by atoms with Crippen LogP contribution in [0.2, 0.25) is 0 Å². The Morgan fingerprint density at radius 1 is 1.47 bits per heavy atom. The molecule has 1 aromatic heterocycles. The number of carbonyl (C=O) groups is 1. The highest BCUT2D eigenvalue weighted by Crippen LogP contribution is 2.25. The molecule has 0 saturated heterocycles. The maximum absolute atomic E-state index is 11.9. The van der Waals surface area contributed by atoms with Crippen molar-refractivity contribution in [1.29, 1.82) is 0 Å². The van der Waals surface area contributed by atoms with Gasteiger partial charge in [-0.1, -0.05) is 17.8 Å². The van der Waals surface area contributed by atoms with Gasteiger partial charge in [0.05, 0.1) is 11.4 Å². The topological polar surface area (TPSA) is 42.0 Å². The standard InChI is InChI=1S/C13H13BrN2OS2/c1-8-3-4-11(10(14)5-8)16-12(17)7-19-13-15-9(2)6-18-13/h3-6H,7H2,1-2H3,(H,16,17). The Kier molecular flexibility index (Phi) is 5.01. The van der Waals surface area contributed by atoms with Gasteiger partial charge in [0, 0.05) is 15.5 Å². The lowest BCUT2D eigenvalue weighted by Crippen LogP contribution is -2.14. The summed E-state index contributed by atoms with van der Waals surface area (Å²) < 4.78 is 1.83. The molecule has 3 nitrogen and oxygen atoms in total. The van der Waals surface area contributed by atoms with Crippen LogP contribution in [-0.4, -0.2) is 16.6 Å². The van der Waals surface area contributed by atoms with Gasteiger partial charge < -0.3 is 5.32 Å². The van der Waals surface area contributed by atoms with Crippen LogP contribution in [0.4, 0.5) is 5.69 Å². The highest BCUT2D eigenvalue weighted by atomic mass is 79.9. The Labute approximate surface area is 129 Å². The lowest BCUT2D eigenvalue weighted by Gasteiger charge is -2.07. The van der Waals surface area contributed by atoms with E-state index in [1.54, 1.807) is 11.3 Å². The third-order valence-corrected chi connectivity index (χ3v) is 5.12. The van der Waals surface area contributed by atoms with Gasteiger partial charge in [0.25, 0.3) is 0 Å². The fraction of sp³-hybridized carbons (Fsp3) is 0.231. The SMILES string of the molecule is Cc1ccc(NC(=O)CSc2nc(C)cs2)c(Br)c1. The van der Waals surface area contributed by atoms with Gasteiger partial charge in [-0.2, -0.15) is 0 Å². The number of aryl methyl sites for hydroxylation is 2. The number of benzene rings is 1. The molecule has 100 valence electrons. The summed E-state index contributed by atoms with van der Waals surface area (Å²) in [5.41, 5.74) is 2.94. The molecule has 2 aromatic rings. The van der Waals surface area contributed by atoms with Crippen molar-refractivity contribution in [2.75, 3.05) is 11.1 Å². The van der Waals surface area contributed by atoms with E-state index in [1.807, 2.05) is 37.4 Å². The van der Waals surface area contributed by atoms with Gasteiger partial charge in [-0.15, -0.1) is 11.3 Å². The predicted molar refractivity (Wildman–Crippen MR) is 85.1 cm³/mol. The summed E-state index contributed by atoms with van der Waals surface area (Å²) in [6, 6.07) is 5.85. The molecule has 0 radical (unpaired) electrons. The third kappa shape index (κ3) is 4.33. The number of hydrogen-bond acceptors (Lipinski definition) is 4. The van der Waals surface area contributed by atoms with E-state index < -0.39 is 0 Å². The molecule has 0 bridgehead atoms. The molecule has 0 fully saturated rings. The molecule has 19 heavy (non-hydrogen) atoms. The summed E-state index contributed by atoms with van der Waals surface area (Å²) >= 11 is 6.47. The van der Waals surface area contributed by atoms with Crippen molar-refractivity contribution >= 4 is 50.6 Å². The Bertz CT molecular complexity index is 598. The second kappa shape index (κ2) is 6.54. The van der Waals surface area contributed by atoms with Crippen LogP contribution < -0.4 is 5.32 Å². The minimum Gasteiger partial charge on any atom is -0.324 e. The number of aromatic nitrogens is 1. The van der Waals surface area contributed by atoms with Gasteiger partial charge in [0.15, 0.2) is 4.34 Å². The molecule has 0 spiro atoms. The normalized spacial score (nSPS) is 10.5. The van der Waals surface area contributed by atoms with Crippen LogP contribution in [0, 0.1) is 13.8 Å². The van der Waals surface area contributed by atoms with Crippen LogP contribution in [0.15, 0.2) is 32.4 Å². The number of halogens is 1. The number of amides is 1. The first kappa shape index (κ1) is 14.6. The number of rotatable bonds is 4. The van der Waals surface area contributed by atoms with Crippen molar-refractivity contribution in [3.05, 3.63) is 39.3 Å². The minimum absolute atomic E-state index is 0.0255. The number of nitrogens with one attached hydrogen (secondary N) is 1. The summed E-state index contributed by atoms with van der Waals surface area (Å²) in [4.78, 5) is 16.2. The Morgan fingerprint density at radius 3 is 2.89 bits per heavy atom. The molecule has 2 rings (SSSR count). The average molecular weight is 357 g/mol. The van der Waals surface area contributed by atoms with Crippen molar-refractivity contribution in [3.8, 4) is 0 Å². The van der Waals surface area contributed by atoms with Crippen molar-refractivity contribution < 1.29 is 4.79 Å². The first-order valence-electron chi connectivity index (χ1n) is 5.65. The van der Waals surface area contributed by atoms with Gasteiger partial charge in [-0.3, -0.25) is 4.79 Å². The quantitative estimate of drug-likeness (QED) is 0.832. The zero-order chi connectivity index (χ0) is 13.8. The van der Waals surface area contributed by atoms with E-state index in [4.69, 9.17) is 0 Å². The zero-order valence-electron chi connectivity index (χ0n) is 10.6. The Morgan fingerprint density at radius 2 is 2.26 bits per heavy atom. The molecule has 1 amide bonds. The van der Waals surface area contributed by atoms with Gasteiger partial charge in [-0.25, -0.2) is 4.98 Å². The summed E-state index contributed by atoms with van der Waals surface area (Å²) in [6.07, 6.45) is 0. The largest absolute Gasteiger partial charge is 0.324 e. The van der Waals surface area contributed by atoms with Crippen molar-refractivity contribution in [1.82, 2.24) is 4.98 Å². The van der Waals surface area contributed by atoms with E-state index in [2.05, 4.69) is 26.2 Å². The summed E-state index contributed by atoms with van der Waals surface area (Å²) in [7, 11) is 0. The molecule has 1 aromatic carbocycles. The summed E-state index contributed by atoms with van der Waals surface area (Å²) in [6.45, 7) is 3.96. The maximum atomic E-state index is 11.9. The first-order valence-corrected chi connectivity index (χ1v) is 8.31. The molecule has 0 aliphatic heterocycles. The Balaban J connectivity index is 1.90. The fourth-order valence-corrected chi connectivity index (χ4v) is 3.68. The molecular formula is C13H13BrN2OS2. The molecule has 0 aliphatic carbocycles. The predicted octanol–water partition coefficient (Wildman–Crippen LogP) is 4.25. The molecule has 0 unspecified atom stereocenters. The van der Waals surface area contributed by atoms with Gasteiger partial charge in [0.2, 0.25) is 5.91 Å². The Hall–Kier alpha value is -0.850. The molecule has 0 saturated carbocycles. The van der Waals surface area contributed by atoms with Crippen LogP contribution in [0.5, 0.6) is 0 Å². The highest BCUT2D eigenvalue weighted by Gasteiger charge is 2.08. The average Bonchev–Trinajstić information content (AvgIpc) is 2.76. The van der Waals surface area contributed by atoms with Crippen LogP contribution in [0.3, 0.4) is 0 Å². The molecule has 1 N–H and O–H groups in total. The molecule has 0 atom stereocenters. The number of hydrogen-bond donors (Lipinski definition) is 1. The molecule has 6 heteroatoms. The van der Waals surface area contributed by atoms with E-state index in [-0.39, 0.29) is 5.91 Å². The highest BCUT2D eigenvalue weighted by molar-refractivity contribution is 9.10. The van der Waals surface area contributed by atoms with E-state index >= 15 is 0 Å². The second-order valence-electron chi connectivity index (χ2n) is 4.07. The fourth-order valence-electron chi connectivity index (χ4n) is 1.43. The third-order valence-electron chi connectivity index (χ3n) is 2.32. The minimum atomic E-state index is -0.0255. The monoisotopic (exact) mass is 356 g/mol. The molecule has 1 heterocycles. The van der Waals surface area contributed by atoms with Crippen LogP contribution in [0.1, 0.15) is 11.3 Å². The van der Waals surface area contributed by atoms with Crippen LogP contribution in [0.25, 0.3) is 0 Å². The number of thiazole rings is 1. The van der Waals surface area contributed by atoms with Crippen molar-refractivity contribution in [2.45, 2.75) is 18.2 Å². The van der Waals surface area contributed by atoms with E-state index in [0.29, 0.717) is 5.75 Å². The second-order valence-corrected chi connectivity index (χ2v) is 7.01. The number of anilines is 1. The summed E-state index contributed by atoms with van der Waals surface area (Å²) in [5, 5.41) is 4.87. The number of thioether (sulfide) groups is 1. The van der Waals surface area contributed by atoms with E-state index in [0.717, 1.165) is 25.8 Å². The van der Waals surface area contributed by atoms with Crippen LogP contribution >= 0.6 is 39.0 Å². The number of carbonyl (C=O) groups excluding carboxylic acids is 1. The first-order chi connectivity index (χ1) is 9.04. The summed E-state index contributed by atoms with van der Waals surface area (Å²) in [5.74, 6) is 0.343. The van der Waals surface area contributed by atoms with Crippen molar-refractivity contribution in [3.63, 3.8) is 0 Å². The van der Waals surface area contributed by atoms with Gasteiger partial charge in [0.1, 0.15) is 0 Å². The lowest BCUT2D eigenvalue weighted by molar-refractivity contribution is -0.113. The smallest absolute Gasteiger partial charge is 0.234 e. The molecule has 0 aliphatic rings. The van der Waals surface area contributed by atoms with E-state index in [1.165, 1.54) is 11.8 Å². The number of nitrogens with zero attached hydrogens (tertiary/aromatic N) is 1. The lowest BCUT2D eigenvalue weighted by atomic mass is 10.2. The van der Waals surface area contributed by atoms with Gasteiger partial charge in [-0.05, 0) is 47.5 Å². The van der Waals surface area contributed by atoms with Crippen molar-refractivity contribution in [2.24, 2.45) is 0 Å². The van der Waals surface area contributed by atoms with E-state index in [9.17, 15) is 4.79 Å². The maximum Gasteiger partial charge on any atom is 0.234 e. The molecular weight excluding hydrogens is 344 g/mol. The zero-order valence-corrected chi connectivity index (χ0v) is 13.8.